The smallest absolute Gasteiger partial charge is 0.287 e. The molecule has 0 atom stereocenters. The van der Waals surface area contributed by atoms with Gasteiger partial charge in [0.15, 0.2) is 5.76 Å². The van der Waals surface area contributed by atoms with Gasteiger partial charge in [0.05, 0.1) is 0 Å². The van der Waals surface area contributed by atoms with Crippen molar-refractivity contribution in [2.45, 2.75) is 6.42 Å². The number of hydrogen-bond donors (Lipinski definition) is 2. The van der Waals surface area contributed by atoms with Crippen molar-refractivity contribution in [2.75, 3.05) is 13.2 Å². The van der Waals surface area contributed by atoms with Gasteiger partial charge in [-0.05, 0) is 30.7 Å². The molecule has 0 radical (unpaired) electrons. The Morgan fingerprint density at radius 1 is 1.41 bits per heavy atom. The highest BCUT2D eigenvalue weighted by Gasteiger charge is 2.11. The maximum absolute atomic E-state index is 11.7. The van der Waals surface area contributed by atoms with Crippen molar-refractivity contribution in [1.82, 2.24) is 5.32 Å². The van der Waals surface area contributed by atoms with Gasteiger partial charge in [-0.2, -0.15) is 0 Å². The summed E-state index contributed by atoms with van der Waals surface area (Å²) in [5.41, 5.74) is 0.627. The number of rotatable bonds is 4. The molecule has 0 aliphatic carbocycles. The van der Waals surface area contributed by atoms with E-state index in [1.54, 1.807) is 24.3 Å². The number of halogens is 1. The van der Waals surface area contributed by atoms with Gasteiger partial charge < -0.3 is 14.8 Å². The van der Waals surface area contributed by atoms with Crippen LogP contribution in [0.3, 0.4) is 0 Å². The van der Waals surface area contributed by atoms with Crippen LogP contribution in [-0.2, 0) is 0 Å². The highest BCUT2D eigenvalue weighted by atomic mass is 35.5. The zero-order valence-corrected chi connectivity index (χ0v) is 9.83. The molecule has 1 aromatic carbocycles. The lowest BCUT2D eigenvalue weighted by Crippen LogP contribution is -2.24. The summed E-state index contributed by atoms with van der Waals surface area (Å²) >= 11 is 5.84. The average molecular weight is 254 g/mol. The van der Waals surface area contributed by atoms with E-state index in [0.29, 0.717) is 23.6 Å². The number of hydrogen-bond acceptors (Lipinski definition) is 3. The van der Waals surface area contributed by atoms with E-state index in [9.17, 15) is 4.79 Å². The minimum absolute atomic E-state index is 0.0516. The fourth-order valence-corrected chi connectivity index (χ4v) is 1.67. The molecule has 0 saturated heterocycles. The number of amides is 1. The van der Waals surface area contributed by atoms with Crippen LogP contribution in [0, 0.1) is 0 Å². The third kappa shape index (κ3) is 2.78. The van der Waals surface area contributed by atoms with Gasteiger partial charge in [-0.15, -0.1) is 0 Å². The molecule has 0 aliphatic heterocycles. The Bertz CT molecular complexity index is 536. The first-order chi connectivity index (χ1) is 8.20. The van der Waals surface area contributed by atoms with E-state index in [2.05, 4.69) is 5.32 Å². The lowest BCUT2D eigenvalue weighted by Gasteiger charge is -1.99. The Morgan fingerprint density at radius 2 is 2.24 bits per heavy atom. The number of carbonyl (C=O) groups is 1. The van der Waals surface area contributed by atoms with Crippen molar-refractivity contribution in [3.63, 3.8) is 0 Å². The van der Waals surface area contributed by atoms with E-state index in [1.807, 2.05) is 0 Å². The molecule has 17 heavy (non-hydrogen) atoms. The maximum Gasteiger partial charge on any atom is 0.287 e. The van der Waals surface area contributed by atoms with Crippen LogP contribution in [0.1, 0.15) is 17.0 Å². The Balaban J connectivity index is 2.15. The van der Waals surface area contributed by atoms with Gasteiger partial charge in [-0.1, -0.05) is 11.6 Å². The molecule has 2 N–H and O–H groups in total. The molecule has 4 nitrogen and oxygen atoms in total. The number of fused-ring (bicyclic) bond motifs is 1. The van der Waals surface area contributed by atoms with Crippen molar-refractivity contribution in [3.8, 4) is 0 Å². The lowest BCUT2D eigenvalue weighted by atomic mass is 10.2. The van der Waals surface area contributed by atoms with E-state index in [1.165, 1.54) is 0 Å². The topological polar surface area (TPSA) is 62.5 Å². The number of aliphatic hydroxyl groups is 1. The van der Waals surface area contributed by atoms with E-state index in [0.717, 1.165) is 5.39 Å². The summed E-state index contributed by atoms with van der Waals surface area (Å²) in [6.45, 7) is 0.475. The molecule has 0 spiro atoms. The van der Waals surface area contributed by atoms with Gasteiger partial charge in [-0.3, -0.25) is 4.79 Å². The molecule has 0 bridgehead atoms. The summed E-state index contributed by atoms with van der Waals surface area (Å²) in [6, 6.07) is 6.82. The molecule has 2 rings (SSSR count). The summed E-state index contributed by atoms with van der Waals surface area (Å²) in [7, 11) is 0. The van der Waals surface area contributed by atoms with Crippen molar-refractivity contribution in [2.24, 2.45) is 0 Å². The largest absolute Gasteiger partial charge is 0.451 e. The van der Waals surface area contributed by atoms with E-state index in [-0.39, 0.29) is 18.3 Å². The van der Waals surface area contributed by atoms with E-state index in [4.69, 9.17) is 21.1 Å². The monoisotopic (exact) mass is 253 g/mol. The summed E-state index contributed by atoms with van der Waals surface area (Å²) in [5, 5.41) is 12.7. The van der Waals surface area contributed by atoms with Crippen LogP contribution in [0.15, 0.2) is 28.7 Å². The molecule has 1 heterocycles. The second-order valence-electron chi connectivity index (χ2n) is 3.63. The fraction of sp³-hybridized carbons (Fsp3) is 0.250. The Morgan fingerprint density at radius 3 is 3.00 bits per heavy atom. The van der Waals surface area contributed by atoms with Crippen LogP contribution >= 0.6 is 11.6 Å². The number of nitrogens with one attached hydrogen (secondary N) is 1. The Labute approximate surface area is 103 Å². The zero-order chi connectivity index (χ0) is 12.3. The molecule has 2 aromatic rings. The number of carbonyl (C=O) groups excluding carboxylic acids is 1. The molecule has 90 valence electrons. The molecule has 5 heteroatoms. The summed E-state index contributed by atoms with van der Waals surface area (Å²) in [4.78, 5) is 11.7. The van der Waals surface area contributed by atoms with Crippen molar-refractivity contribution in [3.05, 3.63) is 35.0 Å². The third-order valence-electron chi connectivity index (χ3n) is 2.32. The van der Waals surface area contributed by atoms with Crippen LogP contribution in [0.4, 0.5) is 0 Å². The van der Waals surface area contributed by atoms with E-state index >= 15 is 0 Å². The van der Waals surface area contributed by atoms with Crippen LogP contribution < -0.4 is 5.32 Å². The zero-order valence-electron chi connectivity index (χ0n) is 9.07. The Hall–Kier alpha value is -1.52. The molecule has 1 amide bonds. The minimum Gasteiger partial charge on any atom is -0.451 e. The molecule has 0 aliphatic rings. The quantitative estimate of drug-likeness (QED) is 0.821. The normalized spacial score (nSPS) is 10.7. The van der Waals surface area contributed by atoms with Gasteiger partial charge in [0.25, 0.3) is 5.91 Å². The summed E-state index contributed by atoms with van der Waals surface area (Å²) in [6.07, 6.45) is 0.526. The van der Waals surface area contributed by atoms with Crippen molar-refractivity contribution >= 4 is 28.5 Å². The van der Waals surface area contributed by atoms with Gasteiger partial charge >= 0.3 is 0 Å². The number of aliphatic hydroxyl groups excluding tert-OH is 1. The van der Waals surface area contributed by atoms with Crippen LogP contribution in [0.2, 0.25) is 5.02 Å². The first-order valence-electron chi connectivity index (χ1n) is 5.29. The van der Waals surface area contributed by atoms with Crippen LogP contribution in [0.5, 0.6) is 0 Å². The van der Waals surface area contributed by atoms with Crippen molar-refractivity contribution in [1.29, 1.82) is 0 Å². The second kappa shape index (κ2) is 5.21. The van der Waals surface area contributed by atoms with Gasteiger partial charge in [0.2, 0.25) is 0 Å². The van der Waals surface area contributed by atoms with Crippen LogP contribution in [0.25, 0.3) is 11.0 Å². The standard InChI is InChI=1S/C12H12ClNO3/c13-9-2-3-10-8(6-9)7-11(17-10)12(16)14-4-1-5-15/h2-3,6-7,15H,1,4-5H2,(H,14,16). The molecule has 0 fully saturated rings. The first-order valence-corrected chi connectivity index (χ1v) is 5.66. The fourth-order valence-electron chi connectivity index (χ4n) is 1.49. The first kappa shape index (κ1) is 12.0. The molecule has 0 saturated carbocycles. The minimum atomic E-state index is -0.286. The highest BCUT2D eigenvalue weighted by molar-refractivity contribution is 6.31. The van der Waals surface area contributed by atoms with Crippen molar-refractivity contribution < 1.29 is 14.3 Å². The molecular weight excluding hydrogens is 242 g/mol. The number of benzene rings is 1. The van der Waals surface area contributed by atoms with Gasteiger partial charge in [0.1, 0.15) is 5.58 Å². The average Bonchev–Trinajstić information content (AvgIpc) is 2.72. The van der Waals surface area contributed by atoms with Gasteiger partial charge in [-0.25, -0.2) is 0 Å². The molecule has 1 aromatic heterocycles. The number of furan rings is 1. The molecule has 0 unspecified atom stereocenters. The summed E-state index contributed by atoms with van der Waals surface area (Å²) in [5.74, 6) is -0.0361. The van der Waals surface area contributed by atoms with Gasteiger partial charge in [0, 0.05) is 23.6 Å². The second-order valence-corrected chi connectivity index (χ2v) is 4.06. The molecular formula is C12H12ClNO3. The Kier molecular flexibility index (Phi) is 3.66. The van der Waals surface area contributed by atoms with E-state index < -0.39 is 0 Å². The SMILES string of the molecule is O=C(NCCCO)c1cc2cc(Cl)ccc2o1. The predicted octanol–water partition coefficient (Wildman–Crippen LogP) is 2.20. The summed E-state index contributed by atoms with van der Waals surface area (Å²) < 4.78 is 5.38. The van der Waals surface area contributed by atoms with Crippen LogP contribution in [-0.4, -0.2) is 24.2 Å². The third-order valence-corrected chi connectivity index (χ3v) is 2.56. The maximum atomic E-state index is 11.7. The predicted molar refractivity (Wildman–Crippen MR) is 65.3 cm³/mol. The lowest BCUT2D eigenvalue weighted by molar-refractivity contribution is 0.0925. The highest BCUT2D eigenvalue weighted by Crippen LogP contribution is 2.22.